The summed E-state index contributed by atoms with van der Waals surface area (Å²) in [5, 5.41) is 0. The maximum atomic E-state index is 5.08. The second-order valence-electron chi connectivity index (χ2n) is 12.0. The molecule has 1 heterocycles. The van der Waals surface area contributed by atoms with Gasteiger partial charge in [-0.15, -0.1) is 0 Å². The minimum absolute atomic E-state index is 0.0198. The minimum Gasteiger partial charge on any atom is -0.335 e. The highest BCUT2D eigenvalue weighted by Gasteiger charge is 2.39. The summed E-state index contributed by atoms with van der Waals surface area (Å²) >= 11 is 0. The molecule has 0 aliphatic carbocycles. The number of imidazole rings is 1. The molecule has 0 radical (unpaired) electrons. The fraction of sp³-hybridized carbons (Fsp3) is 0.595. The van der Waals surface area contributed by atoms with Gasteiger partial charge in [0.15, 0.2) is 0 Å². The van der Waals surface area contributed by atoms with E-state index in [1.807, 2.05) is 0 Å². The van der Waals surface area contributed by atoms with Gasteiger partial charge in [-0.1, -0.05) is 165 Å². The summed E-state index contributed by atoms with van der Waals surface area (Å²) in [6.45, 7) is 8.19. The van der Waals surface area contributed by atoms with Crippen LogP contribution in [0.5, 0.6) is 0 Å². The first kappa shape index (κ1) is 31.2. The lowest BCUT2D eigenvalue weighted by molar-refractivity contribution is 0.321. The number of nitrogens with zero attached hydrogens (tertiary/aromatic N) is 2. The third-order valence-corrected chi connectivity index (χ3v) is 8.77. The Labute approximate surface area is 240 Å². The lowest BCUT2D eigenvalue weighted by atomic mass is 9.66. The SMILES string of the molecule is CCCCCCCCCCCC(c1nccn1CCCCCCC)C(C)(Cc1ccccc1)c1ccccc1. The molecule has 2 unspecified atom stereocenters. The Balaban J connectivity index is 1.79. The van der Waals surface area contributed by atoms with Gasteiger partial charge in [0.1, 0.15) is 5.82 Å². The van der Waals surface area contributed by atoms with E-state index in [0.29, 0.717) is 5.92 Å². The molecular weight excluding hydrogens is 472 g/mol. The fourth-order valence-corrected chi connectivity index (χ4v) is 6.36. The largest absolute Gasteiger partial charge is 0.335 e. The summed E-state index contributed by atoms with van der Waals surface area (Å²) in [5.41, 5.74) is 2.83. The third-order valence-electron chi connectivity index (χ3n) is 8.77. The molecule has 39 heavy (non-hydrogen) atoms. The van der Waals surface area contributed by atoms with Crippen molar-refractivity contribution in [3.8, 4) is 0 Å². The van der Waals surface area contributed by atoms with Crippen LogP contribution in [0.25, 0.3) is 0 Å². The van der Waals surface area contributed by atoms with E-state index >= 15 is 0 Å². The number of hydrogen-bond acceptors (Lipinski definition) is 1. The summed E-state index contributed by atoms with van der Waals surface area (Å²) in [5.74, 6) is 1.68. The van der Waals surface area contributed by atoms with Gasteiger partial charge in [0.2, 0.25) is 0 Å². The van der Waals surface area contributed by atoms with Crippen molar-refractivity contribution in [1.82, 2.24) is 9.55 Å². The van der Waals surface area contributed by atoms with Crippen LogP contribution >= 0.6 is 0 Å². The van der Waals surface area contributed by atoms with Crippen molar-refractivity contribution in [2.75, 3.05) is 0 Å². The Morgan fingerprint density at radius 2 is 1.21 bits per heavy atom. The highest BCUT2D eigenvalue weighted by atomic mass is 15.1. The molecule has 0 spiro atoms. The van der Waals surface area contributed by atoms with E-state index < -0.39 is 0 Å². The second-order valence-corrected chi connectivity index (χ2v) is 12.0. The van der Waals surface area contributed by atoms with Crippen LogP contribution in [0.2, 0.25) is 0 Å². The summed E-state index contributed by atoms with van der Waals surface area (Å²) in [4.78, 5) is 5.08. The summed E-state index contributed by atoms with van der Waals surface area (Å²) in [6.07, 6.45) is 25.4. The summed E-state index contributed by atoms with van der Waals surface area (Å²) in [7, 11) is 0. The number of rotatable bonds is 21. The fourth-order valence-electron chi connectivity index (χ4n) is 6.36. The molecule has 3 aromatic rings. The molecule has 0 N–H and O–H groups in total. The van der Waals surface area contributed by atoms with Crippen LogP contribution in [0.15, 0.2) is 73.1 Å². The van der Waals surface area contributed by atoms with Crippen LogP contribution in [0.3, 0.4) is 0 Å². The van der Waals surface area contributed by atoms with Crippen LogP contribution in [-0.2, 0) is 18.4 Å². The van der Waals surface area contributed by atoms with E-state index in [-0.39, 0.29) is 5.41 Å². The molecule has 0 aliphatic heterocycles. The molecule has 2 nitrogen and oxygen atoms in total. The molecule has 0 bridgehead atoms. The van der Waals surface area contributed by atoms with Crippen LogP contribution in [0, 0.1) is 0 Å². The highest BCUT2D eigenvalue weighted by Crippen LogP contribution is 2.44. The smallest absolute Gasteiger partial charge is 0.112 e. The zero-order valence-corrected chi connectivity index (χ0v) is 25.4. The van der Waals surface area contributed by atoms with Gasteiger partial charge in [-0.05, 0) is 30.4 Å². The second kappa shape index (κ2) is 18.1. The Morgan fingerprint density at radius 1 is 0.667 bits per heavy atom. The average Bonchev–Trinajstić information content (AvgIpc) is 3.43. The van der Waals surface area contributed by atoms with Gasteiger partial charge in [0.25, 0.3) is 0 Å². The topological polar surface area (TPSA) is 17.8 Å². The lowest BCUT2D eigenvalue weighted by Gasteiger charge is -2.39. The molecule has 1 aromatic heterocycles. The van der Waals surface area contributed by atoms with E-state index in [1.54, 1.807) is 0 Å². The number of unbranched alkanes of at least 4 members (excludes halogenated alkanes) is 12. The van der Waals surface area contributed by atoms with Gasteiger partial charge >= 0.3 is 0 Å². The minimum atomic E-state index is -0.0198. The number of aromatic nitrogens is 2. The van der Waals surface area contributed by atoms with Gasteiger partial charge in [0, 0.05) is 30.3 Å². The molecule has 0 amide bonds. The number of aryl methyl sites for hydroxylation is 1. The highest BCUT2D eigenvalue weighted by molar-refractivity contribution is 5.33. The van der Waals surface area contributed by atoms with E-state index in [2.05, 4.69) is 98.4 Å². The van der Waals surface area contributed by atoms with Crippen molar-refractivity contribution in [2.45, 2.75) is 141 Å². The van der Waals surface area contributed by atoms with Crippen LogP contribution in [0.4, 0.5) is 0 Å². The molecule has 0 fully saturated rings. The zero-order valence-electron chi connectivity index (χ0n) is 25.4. The van der Waals surface area contributed by atoms with Gasteiger partial charge in [-0.3, -0.25) is 0 Å². The monoisotopic (exact) mass is 528 g/mol. The van der Waals surface area contributed by atoms with Gasteiger partial charge in [-0.25, -0.2) is 4.98 Å². The molecule has 214 valence electrons. The Morgan fingerprint density at radius 3 is 1.82 bits per heavy atom. The maximum absolute atomic E-state index is 5.08. The Bertz CT molecular complexity index is 993. The van der Waals surface area contributed by atoms with Crippen LogP contribution in [0.1, 0.15) is 140 Å². The summed E-state index contributed by atoms with van der Waals surface area (Å²) < 4.78 is 2.50. The molecule has 2 heteroatoms. The van der Waals surface area contributed by atoms with Gasteiger partial charge in [0.05, 0.1) is 0 Å². The quantitative estimate of drug-likeness (QED) is 0.126. The average molecular weight is 529 g/mol. The Hall–Kier alpha value is -2.35. The number of hydrogen-bond donors (Lipinski definition) is 0. The van der Waals surface area contributed by atoms with Crippen molar-refractivity contribution in [2.24, 2.45) is 0 Å². The van der Waals surface area contributed by atoms with E-state index in [1.165, 1.54) is 113 Å². The van der Waals surface area contributed by atoms with Crippen LogP contribution in [-0.4, -0.2) is 9.55 Å². The Kier molecular flexibility index (Phi) is 14.5. The first-order valence-corrected chi connectivity index (χ1v) is 16.3. The lowest BCUT2D eigenvalue weighted by Crippen LogP contribution is -2.35. The molecular formula is C37H56N2. The molecule has 2 aromatic carbocycles. The predicted octanol–water partition coefficient (Wildman–Crippen LogP) is 11.1. The molecule has 0 aliphatic rings. The van der Waals surface area contributed by atoms with Crippen molar-refractivity contribution >= 4 is 0 Å². The van der Waals surface area contributed by atoms with Gasteiger partial charge in [-0.2, -0.15) is 0 Å². The van der Waals surface area contributed by atoms with E-state index in [9.17, 15) is 0 Å². The zero-order chi connectivity index (χ0) is 27.6. The first-order valence-electron chi connectivity index (χ1n) is 16.3. The molecule has 3 rings (SSSR count). The van der Waals surface area contributed by atoms with Crippen molar-refractivity contribution in [3.63, 3.8) is 0 Å². The molecule has 2 atom stereocenters. The standard InChI is InChI=1S/C37H56N2/c1-4-6-8-10-11-12-13-14-22-28-35(36-38-29-31-39(36)30-23-15-9-7-5-2)37(3,34-26-20-17-21-27-34)32-33-24-18-16-19-25-33/h16-21,24-27,29,31,35H,4-15,22-23,28,30,32H2,1-3H3. The normalized spacial score (nSPS) is 13.8. The maximum Gasteiger partial charge on any atom is 0.112 e. The van der Waals surface area contributed by atoms with Crippen molar-refractivity contribution in [3.05, 3.63) is 90.0 Å². The van der Waals surface area contributed by atoms with Crippen LogP contribution < -0.4 is 0 Å². The predicted molar refractivity (Wildman–Crippen MR) is 170 cm³/mol. The van der Waals surface area contributed by atoms with Gasteiger partial charge < -0.3 is 4.57 Å². The van der Waals surface area contributed by atoms with Crippen molar-refractivity contribution in [1.29, 1.82) is 0 Å². The van der Waals surface area contributed by atoms with Crippen molar-refractivity contribution < 1.29 is 0 Å². The summed E-state index contributed by atoms with van der Waals surface area (Å²) in [6, 6.07) is 22.4. The molecule has 0 saturated carbocycles. The molecule has 0 saturated heterocycles. The van der Waals surface area contributed by atoms with E-state index in [4.69, 9.17) is 4.98 Å². The third kappa shape index (κ3) is 10.3. The van der Waals surface area contributed by atoms with E-state index in [0.717, 1.165) is 13.0 Å². The first-order chi connectivity index (χ1) is 19.2. The number of benzene rings is 2.